The summed E-state index contributed by atoms with van der Waals surface area (Å²) in [5, 5.41) is 0.750. The molecule has 4 rings (SSSR count). The van der Waals surface area contributed by atoms with Gasteiger partial charge in [0.25, 0.3) is 5.91 Å². The molecule has 2 aliphatic rings. The molecule has 0 radical (unpaired) electrons. The Morgan fingerprint density at radius 3 is 2.53 bits per heavy atom. The van der Waals surface area contributed by atoms with E-state index in [9.17, 15) is 14.4 Å². The van der Waals surface area contributed by atoms with Gasteiger partial charge >= 0.3 is 11.9 Å². The second-order valence-electron chi connectivity index (χ2n) is 9.23. The molecule has 2 aliphatic heterocycles. The van der Waals surface area contributed by atoms with Crippen molar-refractivity contribution in [2.24, 2.45) is 5.92 Å². The van der Waals surface area contributed by atoms with E-state index in [2.05, 4.69) is 18.7 Å². The summed E-state index contributed by atoms with van der Waals surface area (Å²) in [6, 6.07) is 7.93. The van der Waals surface area contributed by atoms with Crippen LogP contribution < -0.4 is 0 Å². The molecule has 1 saturated heterocycles. The van der Waals surface area contributed by atoms with Gasteiger partial charge in [-0.15, -0.1) is 0 Å². The number of pyridine rings is 1. The van der Waals surface area contributed by atoms with Crippen molar-refractivity contribution in [2.75, 3.05) is 32.8 Å². The summed E-state index contributed by atoms with van der Waals surface area (Å²) in [4.78, 5) is 46.8. The molecule has 0 atom stereocenters. The lowest BCUT2D eigenvalue weighted by Gasteiger charge is -2.33. The number of para-hydroxylation sites is 1. The van der Waals surface area contributed by atoms with Gasteiger partial charge in [-0.25, -0.2) is 4.79 Å². The van der Waals surface area contributed by atoms with Crippen LogP contribution in [0, 0.1) is 5.92 Å². The highest BCUT2D eigenvalue weighted by molar-refractivity contribution is 6.05. The first kappa shape index (κ1) is 24.1. The molecule has 8 heteroatoms. The number of rotatable bonds is 6. The average molecular weight is 468 g/mol. The van der Waals surface area contributed by atoms with Gasteiger partial charge < -0.3 is 14.4 Å². The molecule has 34 heavy (non-hydrogen) atoms. The molecule has 0 saturated carbocycles. The van der Waals surface area contributed by atoms with Crippen molar-refractivity contribution in [1.29, 1.82) is 0 Å². The number of aromatic nitrogens is 1. The van der Waals surface area contributed by atoms with Crippen LogP contribution in [0.25, 0.3) is 10.9 Å². The quantitative estimate of drug-likeness (QED) is 0.604. The first-order valence-electron chi connectivity index (χ1n) is 12.1. The number of fused-ring (bicyclic) bond motifs is 2. The number of likely N-dealkylation sites (tertiary alicyclic amines) is 1. The Morgan fingerprint density at radius 1 is 1.09 bits per heavy atom. The molecule has 0 N–H and O–H groups in total. The molecule has 0 bridgehead atoms. The van der Waals surface area contributed by atoms with E-state index in [4.69, 9.17) is 14.5 Å². The average Bonchev–Trinajstić information content (AvgIpc) is 2.85. The number of hydrogen-bond donors (Lipinski definition) is 0. The van der Waals surface area contributed by atoms with Gasteiger partial charge in [0, 0.05) is 55.3 Å². The van der Waals surface area contributed by atoms with Crippen molar-refractivity contribution >= 4 is 28.7 Å². The number of hydrogen-bond acceptors (Lipinski definition) is 7. The van der Waals surface area contributed by atoms with E-state index in [0.717, 1.165) is 35.1 Å². The molecule has 0 spiro atoms. The topological polar surface area (TPSA) is 89.0 Å². The molecule has 0 unspecified atom stereocenters. The zero-order valence-corrected chi connectivity index (χ0v) is 20.2. The lowest BCUT2D eigenvalue weighted by molar-refractivity contribution is -0.151. The highest BCUT2D eigenvalue weighted by Crippen LogP contribution is 2.29. The number of carbonyl (C=O) groups excluding carboxylic acids is 3. The maximum absolute atomic E-state index is 13.3. The highest BCUT2D eigenvalue weighted by atomic mass is 16.5. The molecule has 1 fully saturated rings. The molecule has 0 aliphatic carbocycles. The standard InChI is InChI=1S/C26H33N3O5/c1-4-33-25(31)18-9-12-28(13-10-18)23(30)16-34-26(32)24-19-7-5-6-8-21(19)27-22-11-14-29(17(2)3)15-20(22)24/h5-8,17-18H,4,9-16H2,1-3H3. The second kappa shape index (κ2) is 10.5. The third-order valence-corrected chi connectivity index (χ3v) is 6.80. The van der Waals surface area contributed by atoms with Crippen LogP contribution in [0.4, 0.5) is 0 Å². The Labute approximate surface area is 200 Å². The van der Waals surface area contributed by atoms with Crippen molar-refractivity contribution < 1.29 is 23.9 Å². The molecule has 1 amide bonds. The highest BCUT2D eigenvalue weighted by Gasteiger charge is 2.30. The van der Waals surface area contributed by atoms with Crippen molar-refractivity contribution in [2.45, 2.75) is 52.6 Å². The van der Waals surface area contributed by atoms with Crippen LogP contribution in [0.5, 0.6) is 0 Å². The Hall–Kier alpha value is -3.00. The lowest BCUT2D eigenvalue weighted by Crippen LogP contribution is -2.42. The van der Waals surface area contributed by atoms with Crippen LogP contribution in [0.3, 0.4) is 0 Å². The predicted octanol–water partition coefficient (Wildman–Crippen LogP) is 2.96. The fraction of sp³-hybridized carbons (Fsp3) is 0.538. The Morgan fingerprint density at radius 2 is 1.82 bits per heavy atom. The van der Waals surface area contributed by atoms with Crippen LogP contribution in [-0.4, -0.2) is 71.5 Å². The van der Waals surface area contributed by atoms with Gasteiger partial charge in [0.2, 0.25) is 0 Å². The number of amides is 1. The summed E-state index contributed by atoms with van der Waals surface area (Å²) in [5.74, 6) is -1.11. The van der Waals surface area contributed by atoms with Crippen molar-refractivity contribution in [3.63, 3.8) is 0 Å². The zero-order chi connectivity index (χ0) is 24.2. The van der Waals surface area contributed by atoms with Gasteiger partial charge in [0.1, 0.15) is 0 Å². The number of benzene rings is 1. The minimum Gasteiger partial charge on any atom is -0.466 e. The van der Waals surface area contributed by atoms with Crippen LogP contribution >= 0.6 is 0 Å². The predicted molar refractivity (Wildman–Crippen MR) is 127 cm³/mol. The molecular weight excluding hydrogens is 434 g/mol. The third kappa shape index (κ3) is 5.06. The second-order valence-corrected chi connectivity index (χ2v) is 9.23. The normalized spacial score (nSPS) is 17.0. The van der Waals surface area contributed by atoms with E-state index < -0.39 is 5.97 Å². The fourth-order valence-corrected chi connectivity index (χ4v) is 4.80. The van der Waals surface area contributed by atoms with Gasteiger partial charge in [-0.1, -0.05) is 18.2 Å². The maximum Gasteiger partial charge on any atom is 0.339 e. The molecular formula is C26H33N3O5. The van der Waals surface area contributed by atoms with E-state index in [1.54, 1.807) is 11.8 Å². The zero-order valence-electron chi connectivity index (χ0n) is 20.2. The molecule has 1 aromatic heterocycles. The number of piperidine rings is 1. The van der Waals surface area contributed by atoms with E-state index in [-0.39, 0.29) is 24.4 Å². The van der Waals surface area contributed by atoms with Gasteiger partial charge in [-0.3, -0.25) is 19.5 Å². The summed E-state index contributed by atoms with van der Waals surface area (Å²) < 4.78 is 10.6. The Bertz CT molecular complexity index is 1080. The Balaban J connectivity index is 1.47. The first-order chi connectivity index (χ1) is 16.4. The van der Waals surface area contributed by atoms with Gasteiger partial charge in [-0.05, 0) is 39.7 Å². The summed E-state index contributed by atoms with van der Waals surface area (Å²) >= 11 is 0. The van der Waals surface area contributed by atoms with Crippen LogP contribution in [0.15, 0.2) is 24.3 Å². The van der Waals surface area contributed by atoms with E-state index in [1.165, 1.54) is 0 Å². The van der Waals surface area contributed by atoms with Crippen molar-refractivity contribution in [3.05, 3.63) is 41.1 Å². The number of ether oxygens (including phenoxy) is 2. The number of carbonyl (C=O) groups is 3. The molecule has 8 nitrogen and oxygen atoms in total. The molecule has 3 heterocycles. The first-order valence-corrected chi connectivity index (χ1v) is 12.1. The minimum atomic E-state index is -0.491. The van der Waals surface area contributed by atoms with Crippen LogP contribution in [0.2, 0.25) is 0 Å². The molecule has 2 aromatic rings. The van der Waals surface area contributed by atoms with Crippen molar-refractivity contribution in [3.8, 4) is 0 Å². The minimum absolute atomic E-state index is 0.176. The van der Waals surface area contributed by atoms with Crippen LogP contribution in [0.1, 0.15) is 55.2 Å². The fourth-order valence-electron chi connectivity index (χ4n) is 4.80. The van der Waals surface area contributed by atoms with Crippen LogP contribution in [-0.2, 0) is 32.0 Å². The third-order valence-electron chi connectivity index (χ3n) is 6.80. The maximum atomic E-state index is 13.3. The lowest BCUT2D eigenvalue weighted by atomic mass is 9.95. The number of nitrogens with zero attached hydrogens (tertiary/aromatic N) is 3. The van der Waals surface area contributed by atoms with E-state index in [1.807, 2.05) is 24.3 Å². The van der Waals surface area contributed by atoms with E-state index in [0.29, 0.717) is 50.7 Å². The smallest absolute Gasteiger partial charge is 0.339 e. The van der Waals surface area contributed by atoms with Gasteiger partial charge in [0.05, 0.1) is 23.6 Å². The van der Waals surface area contributed by atoms with E-state index >= 15 is 0 Å². The summed E-state index contributed by atoms with van der Waals surface area (Å²) in [7, 11) is 0. The van der Waals surface area contributed by atoms with Gasteiger partial charge in [0.15, 0.2) is 6.61 Å². The number of esters is 2. The Kier molecular flexibility index (Phi) is 7.46. The summed E-state index contributed by atoms with van der Waals surface area (Å²) in [5.41, 5.74) is 3.10. The largest absolute Gasteiger partial charge is 0.466 e. The SMILES string of the molecule is CCOC(=O)C1CCN(C(=O)COC(=O)c2c3c(nc4ccccc24)CCN(C(C)C)C3)CC1. The summed E-state index contributed by atoms with van der Waals surface area (Å²) in [6.45, 7) is 8.54. The van der Waals surface area contributed by atoms with Gasteiger partial charge in [-0.2, -0.15) is 0 Å². The van der Waals surface area contributed by atoms with Crippen molar-refractivity contribution in [1.82, 2.24) is 14.8 Å². The monoisotopic (exact) mass is 467 g/mol. The summed E-state index contributed by atoms with van der Waals surface area (Å²) in [6.07, 6.45) is 1.89. The molecule has 182 valence electrons. The molecule has 1 aromatic carbocycles.